The summed E-state index contributed by atoms with van der Waals surface area (Å²) in [6.07, 6.45) is -6.20. The van der Waals surface area contributed by atoms with Crippen molar-refractivity contribution in [3.05, 3.63) is 0 Å². The van der Waals surface area contributed by atoms with E-state index in [1.165, 1.54) is 27.7 Å². The van der Waals surface area contributed by atoms with Gasteiger partial charge < -0.3 is 5.11 Å². The van der Waals surface area contributed by atoms with Crippen LogP contribution in [0.25, 0.3) is 0 Å². The smallest absolute Gasteiger partial charge is 0.408 e. The predicted molar refractivity (Wildman–Crippen MR) is 63.8 cm³/mol. The van der Waals surface area contributed by atoms with E-state index in [1.54, 1.807) is 0 Å². The molecule has 0 aromatic heterocycles. The summed E-state index contributed by atoms with van der Waals surface area (Å²) in [5.74, 6) is -2.81. The van der Waals surface area contributed by atoms with Crippen molar-refractivity contribution in [1.29, 1.82) is 0 Å². The van der Waals surface area contributed by atoms with Gasteiger partial charge in [0.25, 0.3) is 0 Å². The third-order valence-electron chi connectivity index (χ3n) is 2.25. The van der Waals surface area contributed by atoms with Crippen molar-refractivity contribution in [2.24, 2.45) is 0 Å². The number of carboxylic acid groups (broad SMARTS) is 1. The molecule has 9 heteroatoms. The van der Waals surface area contributed by atoms with Crippen LogP contribution in [0.5, 0.6) is 0 Å². The predicted octanol–water partition coefficient (Wildman–Crippen LogP) is 2.13. The number of hydrogen-bond acceptors (Lipinski definition) is 3. The van der Waals surface area contributed by atoms with Gasteiger partial charge in [-0.15, -0.1) is 0 Å². The van der Waals surface area contributed by atoms with Crippen molar-refractivity contribution in [2.75, 3.05) is 11.5 Å². The second-order valence-corrected chi connectivity index (χ2v) is 7.45. The topological polar surface area (TPSA) is 74.7 Å². The number of hydrogen-bond donors (Lipinski definition) is 1. The van der Waals surface area contributed by atoms with Crippen LogP contribution >= 0.6 is 0 Å². The average Bonchev–Trinajstić information content (AvgIpc) is 1.90. The molecule has 0 spiro atoms. The largest absolute Gasteiger partial charge is 0.465 e. The molecular weight excluding hydrogens is 287 g/mol. The highest BCUT2D eigenvalue weighted by molar-refractivity contribution is 7.91. The molecular formula is C10H18F3NO4S. The van der Waals surface area contributed by atoms with E-state index in [9.17, 15) is 26.4 Å². The molecule has 0 bridgehead atoms. The highest BCUT2D eigenvalue weighted by atomic mass is 32.2. The average molecular weight is 305 g/mol. The molecule has 0 aromatic carbocycles. The minimum Gasteiger partial charge on any atom is -0.465 e. The van der Waals surface area contributed by atoms with Crippen molar-refractivity contribution in [3.63, 3.8) is 0 Å². The second kappa shape index (κ2) is 5.56. The van der Waals surface area contributed by atoms with Gasteiger partial charge in [0.15, 0.2) is 9.84 Å². The Labute approximate surface area is 110 Å². The number of rotatable bonds is 4. The summed E-state index contributed by atoms with van der Waals surface area (Å²) in [7, 11) is -4.41. The molecule has 0 aliphatic carbocycles. The lowest BCUT2D eigenvalue weighted by Crippen LogP contribution is -2.52. The van der Waals surface area contributed by atoms with Crippen molar-refractivity contribution in [2.45, 2.75) is 45.5 Å². The van der Waals surface area contributed by atoms with Crippen LogP contribution in [0.2, 0.25) is 0 Å². The number of nitrogens with zero attached hydrogens (tertiary/aromatic N) is 1. The molecule has 1 atom stereocenters. The van der Waals surface area contributed by atoms with Crippen LogP contribution < -0.4 is 0 Å². The SMILES string of the molecule is CC(CS(=O)(=O)CC(F)(F)F)N(C(=O)O)C(C)(C)C. The van der Waals surface area contributed by atoms with Crippen LogP contribution in [0, 0.1) is 0 Å². The van der Waals surface area contributed by atoms with Gasteiger partial charge in [0.1, 0.15) is 5.75 Å². The van der Waals surface area contributed by atoms with Gasteiger partial charge in [-0.3, -0.25) is 4.90 Å². The molecule has 0 aliphatic heterocycles. The summed E-state index contributed by atoms with van der Waals surface area (Å²) in [6, 6.07) is -1.06. The fourth-order valence-corrected chi connectivity index (χ4v) is 3.39. The number of amides is 1. The standard InChI is InChI=1S/C10H18F3NO4S/c1-7(14(8(15)16)9(2,3)4)5-19(17,18)6-10(11,12)13/h7H,5-6H2,1-4H3,(H,15,16). The summed E-state index contributed by atoms with van der Waals surface area (Å²) in [5.41, 5.74) is -0.904. The number of carbonyl (C=O) groups is 1. The summed E-state index contributed by atoms with van der Waals surface area (Å²) in [4.78, 5) is 11.9. The Bertz CT molecular complexity index is 425. The van der Waals surface area contributed by atoms with Gasteiger partial charge in [-0.2, -0.15) is 13.2 Å². The third-order valence-corrected chi connectivity index (χ3v) is 4.01. The van der Waals surface area contributed by atoms with E-state index >= 15 is 0 Å². The van der Waals surface area contributed by atoms with Gasteiger partial charge in [-0.05, 0) is 27.7 Å². The molecule has 0 aliphatic rings. The maximum Gasteiger partial charge on any atom is 0.408 e. The van der Waals surface area contributed by atoms with Crippen LogP contribution in [0.3, 0.4) is 0 Å². The zero-order valence-electron chi connectivity index (χ0n) is 11.2. The molecule has 1 amide bonds. The Hall–Kier alpha value is -0.990. The third kappa shape index (κ3) is 6.65. The van der Waals surface area contributed by atoms with Gasteiger partial charge >= 0.3 is 12.3 Å². The van der Waals surface area contributed by atoms with Crippen molar-refractivity contribution in [3.8, 4) is 0 Å². The monoisotopic (exact) mass is 305 g/mol. The minimum atomic E-state index is -4.83. The van der Waals surface area contributed by atoms with Gasteiger partial charge in [-0.1, -0.05) is 0 Å². The molecule has 0 saturated carbocycles. The zero-order valence-corrected chi connectivity index (χ0v) is 12.0. The molecule has 0 aromatic rings. The Morgan fingerprint density at radius 2 is 1.68 bits per heavy atom. The molecule has 0 fully saturated rings. The normalized spacial score (nSPS) is 15.1. The molecule has 1 unspecified atom stereocenters. The highest BCUT2D eigenvalue weighted by Gasteiger charge is 2.38. The Morgan fingerprint density at radius 3 is 1.95 bits per heavy atom. The van der Waals surface area contributed by atoms with E-state index < -0.39 is 45.2 Å². The zero-order chi connectivity index (χ0) is 15.6. The molecule has 114 valence electrons. The number of halogens is 3. The lowest BCUT2D eigenvalue weighted by Gasteiger charge is -2.37. The van der Waals surface area contributed by atoms with E-state index in [-0.39, 0.29) is 0 Å². The minimum absolute atomic E-state index is 0.834. The van der Waals surface area contributed by atoms with E-state index in [4.69, 9.17) is 5.11 Å². The molecule has 0 heterocycles. The molecule has 5 nitrogen and oxygen atoms in total. The van der Waals surface area contributed by atoms with E-state index in [0.29, 0.717) is 0 Å². The summed E-state index contributed by atoms with van der Waals surface area (Å²) in [5, 5.41) is 9.02. The van der Waals surface area contributed by atoms with E-state index in [1.807, 2.05) is 0 Å². The first-order chi connectivity index (χ1) is 8.16. The van der Waals surface area contributed by atoms with Crippen LogP contribution in [0.15, 0.2) is 0 Å². The summed E-state index contributed by atoms with van der Waals surface area (Å²) in [6.45, 7) is 5.88. The van der Waals surface area contributed by atoms with Gasteiger partial charge in [-0.25, -0.2) is 13.2 Å². The van der Waals surface area contributed by atoms with Crippen LogP contribution in [0.4, 0.5) is 18.0 Å². The Morgan fingerprint density at radius 1 is 1.26 bits per heavy atom. The first-order valence-electron chi connectivity index (χ1n) is 5.45. The lowest BCUT2D eigenvalue weighted by atomic mass is 10.0. The van der Waals surface area contributed by atoms with Gasteiger partial charge in [0, 0.05) is 11.6 Å². The van der Waals surface area contributed by atoms with Crippen molar-refractivity contribution >= 4 is 15.9 Å². The quantitative estimate of drug-likeness (QED) is 0.863. The Balaban J connectivity index is 5.03. The maximum atomic E-state index is 12.1. The fraction of sp³-hybridized carbons (Fsp3) is 0.900. The lowest BCUT2D eigenvalue weighted by molar-refractivity contribution is -0.106. The van der Waals surface area contributed by atoms with Crippen LogP contribution in [-0.2, 0) is 9.84 Å². The highest BCUT2D eigenvalue weighted by Crippen LogP contribution is 2.22. The van der Waals surface area contributed by atoms with Crippen molar-refractivity contribution < 1.29 is 31.5 Å². The first-order valence-corrected chi connectivity index (χ1v) is 7.27. The van der Waals surface area contributed by atoms with E-state index in [0.717, 1.165) is 4.90 Å². The summed E-state index contributed by atoms with van der Waals surface area (Å²) < 4.78 is 59.0. The molecule has 0 radical (unpaired) electrons. The molecule has 0 rings (SSSR count). The molecule has 1 N–H and O–H groups in total. The fourth-order valence-electron chi connectivity index (χ4n) is 1.89. The van der Waals surface area contributed by atoms with Crippen LogP contribution in [0.1, 0.15) is 27.7 Å². The first kappa shape index (κ1) is 18.0. The molecule has 0 saturated heterocycles. The maximum absolute atomic E-state index is 12.1. The van der Waals surface area contributed by atoms with Gasteiger partial charge in [0.05, 0.1) is 5.75 Å². The van der Waals surface area contributed by atoms with Gasteiger partial charge in [0.2, 0.25) is 0 Å². The summed E-state index contributed by atoms with van der Waals surface area (Å²) >= 11 is 0. The Kier molecular flexibility index (Phi) is 5.27. The number of alkyl halides is 3. The number of sulfone groups is 1. The van der Waals surface area contributed by atoms with Crippen LogP contribution in [-0.4, -0.2) is 53.8 Å². The van der Waals surface area contributed by atoms with E-state index in [2.05, 4.69) is 0 Å². The second-order valence-electron chi connectivity index (χ2n) is 5.34. The van der Waals surface area contributed by atoms with Crippen molar-refractivity contribution in [1.82, 2.24) is 4.90 Å². The molecule has 19 heavy (non-hydrogen) atoms.